The number of hydrogen-bond donors (Lipinski definition) is 0. The van der Waals surface area contributed by atoms with E-state index in [1.54, 1.807) is 29.2 Å². The van der Waals surface area contributed by atoms with E-state index in [9.17, 15) is 18.0 Å². The number of morpholine rings is 1. The van der Waals surface area contributed by atoms with E-state index < -0.39 is 23.4 Å². The summed E-state index contributed by atoms with van der Waals surface area (Å²) in [7, 11) is 1.29. The van der Waals surface area contributed by atoms with Crippen LogP contribution in [0.3, 0.4) is 0 Å². The third kappa shape index (κ3) is 3.78. The number of carbonyl (C=O) groups excluding carboxylic acids is 1. The Balaban J connectivity index is 2.19. The highest BCUT2D eigenvalue weighted by Crippen LogP contribution is 2.41. The van der Waals surface area contributed by atoms with Gasteiger partial charge in [0.05, 0.1) is 12.2 Å². The zero-order valence-corrected chi connectivity index (χ0v) is 16.9. The Kier molecular flexibility index (Phi) is 5.27. The molecule has 1 amide bonds. The second kappa shape index (κ2) is 7.12. The normalized spacial score (nSPS) is 17.1. The molecule has 0 atom stereocenters. The van der Waals surface area contributed by atoms with Gasteiger partial charge in [-0.15, -0.1) is 0 Å². The lowest BCUT2D eigenvalue weighted by Crippen LogP contribution is -2.51. The predicted molar refractivity (Wildman–Crippen MR) is 102 cm³/mol. The maximum Gasteiger partial charge on any atom is 0.431 e. The molecule has 1 saturated heterocycles. The van der Waals surface area contributed by atoms with Crippen molar-refractivity contribution in [1.82, 2.24) is 9.47 Å². The van der Waals surface area contributed by atoms with Crippen molar-refractivity contribution in [3.8, 4) is 11.1 Å². The number of rotatable bonds is 2. The van der Waals surface area contributed by atoms with Gasteiger partial charge in [-0.05, 0) is 44.0 Å². The number of alkyl halides is 3. The van der Waals surface area contributed by atoms with Crippen LogP contribution in [0.5, 0.6) is 0 Å². The van der Waals surface area contributed by atoms with Crippen LogP contribution in [0, 0.1) is 6.92 Å². The van der Waals surface area contributed by atoms with E-state index >= 15 is 0 Å². The molecule has 1 aromatic heterocycles. The fourth-order valence-electron chi connectivity index (χ4n) is 3.79. The first-order valence-corrected chi connectivity index (χ1v) is 9.26. The Bertz CT molecular complexity index is 902. The van der Waals surface area contributed by atoms with Crippen LogP contribution < -0.4 is 0 Å². The van der Waals surface area contributed by atoms with Crippen LogP contribution in [0.15, 0.2) is 24.3 Å². The average Bonchev–Trinajstić information content (AvgIpc) is 2.84. The van der Waals surface area contributed by atoms with E-state index in [-0.39, 0.29) is 16.8 Å². The molecule has 8 heteroatoms. The van der Waals surface area contributed by atoms with Gasteiger partial charge in [-0.3, -0.25) is 4.79 Å². The molecule has 152 valence electrons. The number of benzene rings is 1. The maximum atomic E-state index is 13.7. The van der Waals surface area contributed by atoms with Crippen LogP contribution in [-0.4, -0.2) is 40.7 Å². The largest absolute Gasteiger partial charge is 0.431 e. The minimum atomic E-state index is -4.58. The molecule has 0 bridgehead atoms. The predicted octanol–water partition coefficient (Wildman–Crippen LogP) is 4.92. The number of aromatic nitrogens is 1. The molecular weight excluding hydrogens is 393 g/mol. The van der Waals surface area contributed by atoms with Crippen molar-refractivity contribution in [3.05, 3.63) is 46.2 Å². The maximum absolute atomic E-state index is 13.7. The van der Waals surface area contributed by atoms with Gasteiger partial charge in [-0.1, -0.05) is 23.7 Å². The fraction of sp³-hybridized carbons (Fsp3) is 0.450. The summed E-state index contributed by atoms with van der Waals surface area (Å²) in [6, 6.07) is 6.46. The highest BCUT2D eigenvalue weighted by atomic mass is 35.5. The lowest BCUT2D eigenvalue weighted by molar-refractivity contribution is -0.143. The highest BCUT2D eigenvalue weighted by molar-refractivity contribution is 6.30. The van der Waals surface area contributed by atoms with Crippen LogP contribution in [0.4, 0.5) is 13.2 Å². The minimum Gasteiger partial charge on any atom is -0.372 e. The molecular formula is C20H22ClF3N2O2. The van der Waals surface area contributed by atoms with E-state index in [1.165, 1.54) is 14.0 Å². The summed E-state index contributed by atoms with van der Waals surface area (Å²) >= 11 is 5.93. The van der Waals surface area contributed by atoms with Gasteiger partial charge in [0.25, 0.3) is 5.91 Å². The molecule has 0 saturated carbocycles. The summed E-state index contributed by atoms with van der Waals surface area (Å²) < 4.78 is 47.8. The summed E-state index contributed by atoms with van der Waals surface area (Å²) in [6.45, 7) is 6.07. The van der Waals surface area contributed by atoms with E-state index in [0.29, 0.717) is 30.3 Å². The molecule has 1 aliphatic rings. The Morgan fingerprint density at radius 1 is 1.21 bits per heavy atom. The van der Waals surface area contributed by atoms with Crippen LogP contribution >= 0.6 is 11.6 Å². The number of hydrogen-bond acceptors (Lipinski definition) is 2. The molecule has 0 aliphatic carbocycles. The van der Waals surface area contributed by atoms with Crippen LogP contribution in [0.1, 0.15) is 35.6 Å². The molecule has 3 rings (SSSR count). The summed E-state index contributed by atoms with van der Waals surface area (Å²) in [4.78, 5) is 14.9. The van der Waals surface area contributed by atoms with E-state index in [1.807, 2.05) is 13.8 Å². The van der Waals surface area contributed by atoms with Crippen molar-refractivity contribution in [2.45, 2.75) is 32.5 Å². The van der Waals surface area contributed by atoms with Gasteiger partial charge >= 0.3 is 6.18 Å². The van der Waals surface area contributed by atoms with Crippen molar-refractivity contribution >= 4 is 17.5 Å². The molecule has 1 fully saturated rings. The fourth-order valence-corrected chi connectivity index (χ4v) is 3.92. The molecule has 0 N–H and O–H groups in total. The van der Waals surface area contributed by atoms with Crippen molar-refractivity contribution in [2.24, 2.45) is 7.05 Å². The van der Waals surface area contributed by atoms with Gasteiger partial charge in [0, 0.05) is 30.7 Å². The Hall–Kier alpha value is -1.99. The van der Waals surface area contributed by atoms with E-state index in [0.717, 1.165) is 4.57 Å². The van der Waals surface area contributed by atoms with E-state index in [2.05, 4.69) is 0 Å². The van der Waals surface area contributed by atoms with Crippen molar-refractivity contribution < 1.29 is 22.7 Å². The first-order valence-electron chi connectivity index (χ1n) is 8.88. The topological polar surface area (TPSA) is 34.5 Å². The third-order valence-electron chi connectivity index (χ3n) is 4.95. The lowest BCUT2D eigenvalue weighted by atomic mass is 9.99. The lowest BCUT2D eigenvalue weighted by Gasteiger charge is -2.38. The molecule has 2 aromatic rings. The minimum absolute atomic E-state index is 0.0184. The monoisotopic (exact) mass is 414 g/mol. The number of amides is 1. The Morgan fingerprint density at radius 3 is 2.36 bits per heavy atom. The number of ether oxygens (including phenoxy) is 1. The van der Waals surface area contributed by atoms with Gasteiger partial charge < -0.3 is 14.2 Å². The zero-order valence-electron chi connectivity index (χ0n) is 16.2. The molecule has 0 spiro atoms. The Labute approximate surface area is 166 Å². The SMILES string of the molecule is Cc1c(-c2ccc(Cl)cc2)c(C(=O)N2CCOC(C)(C)C2)n(C)c1C(F)(F)F. The van der Waals surface area contributed by atoms with E-state index in [4.69, 9.17) is 16.3 Å². The van der Waals surface area contributed by atoms with Crippen LogP contribution in [0.25, 0.3) is 11.1 Å². The molecule has 0 unspecified atom stereocenters. The van der Waals surface area contributed by atoms with Gasteiger partial charge in [-0.2, -0.15) is 13.2 Å². The smallest absolute Gasteiger partial charge is 0.372 e. The van der Waals surface area contributed by atoms with Crippen LogP contribution in [-0.2, 0) is 18.0 Å². The second-order valence-corrected chi connectivity index (χ2v) is 8.03. The molecule has 28 heavy (non-hydrogen) atoms. The number of halogens is 4. The second-order valence-electron chi connectivity index (χ2n) is 7.60. The van der Waals surface area contributed by atoms with Gasteiger partial charge in [-0.25, -0.2) is 0 Å². The number of nitrogens with zero attached hydrogens (tertiary/aromatic N) is 2. The summed E-state index contributed by atoms with van der Waals surface area (Å²) in [5.74, 6) is -0.442. The highest BCUT2D eigenvalue weighted by Gasteiger charge is 2.41. The summed E-state index contributed by atoms with van der Waals surface area (Å²) in [6.07, 6.45) is -4.58. The summed E-state index contributed by atoms with van der Waals surface area (Å²) in [5.41, 5.74) is -0.544. The standard InChI is InChI=1S/C20H22ClF3N2O2/c1-12-15(13-5-7-14(21)8-6-13)16(25(4)17(12)20(22,23)24)18(27)26-9-10-28-19(2,3)11-26/h5-8H,9-11H2,1-4H3. The first-order chi connectivity index (χ1) is 12.9. The molecule has 1 aromatic carbocycles. The molecule has 2 heterocycles. The Morgan fingerprint density at radius 2 is 1.82 bits per heavy atom. The quantitative estimate of drug-likeness (QED) is 0.698. The van der Waals surface area contributed by atoms with Gasteiger partial charge in [0.15, 0.2) is 0 Å². The average molecular weight is 415 g/mol. The van der Waals surface area contributed by atoms with Crippen molar-refractivity contribution in [2.75, 3.05) is 19.7 Å². The zero-order chi connectivity index (χ0) is 20.9. The van der Waals surface area contributed by atoms with Gasteiger partial charge in [0.1, 0.15) is 11.4 Å². The molecule has 4 nitrogen and oxygen atoms in total. The van der Waals surface area contributed by atoms with Crippen molar-refractivity contribution in [3.63, 3.8) is 0 Å². The van der Waals surface area contributed by atoms with Crippen LogP contribution in [0.2, 0.25) is 5.02 Å². The van der Waals surface area contributed by atoms with Gasteiger partial charge in [0.2, 0.25) is 0 Å². The summed E-state index contributed by atoms with van der Waals surface area (Å²) in [5, 5.41) is 0.469. The first kappa shape index (κ1) is 20.7. The van der Waals surface area contributed by atoms with Crippen molar-refractivity contribution in [1.29, 1.82) is 0 Å². The molecule has 1 aliphatic heterocycles. The number of carbonyl (C=O) groups is 1. The third-order valence-corrected chi connectivity index (χ3v) is 5.21. The molecule has 0 radical (unpaired) electrons.